The number of hydrogen-bond acceptors (Lipinski definition) is 3. The van der Waals surface area contributed by atoms with Gasteiger partial charge in [-0.1, -0.05) is 12.1 Å². The highest BCUT2D eigenvalue weighted by atomic mass is 19.1. The van der Waals surface area contributed by atoms with Crippen LogP contribution in [-0.2, 0) is 6.54 Å². The van der Waals surface area contributed by atoms with Crippen molar-refractivity contribution >= 4 is 0 Å². The maximum Gasteiger partial charge on any atom is 0.134 e. The van der Waals surface area contributed by atoms with Crippen molar-refractivity contribution < 1.29 is 13.9 Å². The van der Waals surface area contributed by atoms with Crippen LogP contribution >= 0.6 is 0 Å². The molecule has 0 fully saturated rings. The zero-order valence-electron chi connectivity index (χ0n) is 11.8. The Morgan fingerprint density at radius 1 is 1.30 bits per heavy atom. The van der Waals surface area contributed by atoms with Crippen LogP contribution in [-0.4, -0.2) is 17.8 Å². The molecular weight excluding hydrogens is 257 g/mol. The van der Waals surface area contributed by atoms with E-state index in [4.69, 9.17) is 9.52 Å². The molecule has 108 valence electrons. The monoisotopic (exact) mass is 277 g/mol. The zero-order valence-corrected chi connectivity index (χ0v) is 11.8. The fraction of sp³-hybridized carbons (Fsp3) is 0.375. The first kappa shape index (κ1) is 14.8. The smallest absolute Gasteiger partial charge is 0.134 e. The zero-order chi connectivity index (χ0) is 14.5. The molecule has 4 heteroatoms. The average Bonchev–Trinajstić information content (AvgIpc) is 2.89. The summed E-state index contributed by atoms with van der Waals surface area (Å²) in [6, 6.07) is 8.95. The highest BCUT2D eigenvalue weighted by molar-refractivity contribution is 5.62. The summed E-state index contributed by atoms with van der Waals surface area (Å²) in [7, 11) is 0. The van der Waals surface area contributed by atoms with Gasteiger partial charge >= 0.3 is 0 Å². The maximum absolute atomic E-state index is 13.5. The molecule has 1 atom stereocenters. The van der Waals surface area contributed by atoms with E-state index in [0.29, 0.717) is 24.3 Å². The fourth-order valence-electron chi connectivity index (χ4n) is 2.06. The number of nitrogens with one attached hydrogen (secondary N) is 1. The van der Waals surface area contributed by atoms with E-state index in [0.717, 1.165) is 11.3 Å². The third-order valence-corrected chi connectivity index (χ3v) is 3.38. The Hall–Kier alpha value is -1.65. The van der Waals surface area contributed by atoms with Crippen LogP contribution in [0.15, 0.2) is 34.7 Å². The van der Waals surface area contributed by atoms with Gasteiger partial charge in [0.2, 0.25) is 0 Å². The normalized spacial score (nSPS) is 12.6. The lowest BCUT2D eigenvalue weighted by Gasteiger charge is -2.10. The van der Waals surface area contributed by atoms with Crippen molar-refractivity contribution in [1.82, 2.24) is 5.32 Å². The summed E-state index contributed by atoms with van der Waals surface area (Å²) in [6.45, 7) is 4.51. The van der Waals surface area contributed by atoms with E-state index in [1.165, 1.54) is 6.07 Å². The molecule has 2 rings (SSSR count). The Bertz CT molecular complexity index is 565. The summed E-state index contributed by atoms with van der Waals surface area (Å²) in [5.74, 6) is 1.25. The molecule has 1 aromatic heterocycles. The molecule has 0 amide bonds. The number of benzene rings is 1. The number of halogens is 1. The van der Waals surface area contributed by atoms with Crippen LogP contribution < -0.4 is 5.32 Å². The van der Waals surface area contributed by atoms with E-state index in [2.05, 4.69) is 5.32 Å². The van der Waals surface area contributed by atoms with Gasteiger partial charge in [-0.2, -0.15) is 0 Å². The first-order valence-electron chi connectivity index (χ1n) is 6.80. The Labute approximate surface area is 118 Å². The number of furan rings is 1. The number of aliphatic hydroxyl groups is 1. The van der Waals surface area contributed by atoms with E-state index in [-0.39, 0.29) is 18.5 Å². The molecular formula is C16H20FNO2. The molecule has 1 aromatic carbocycles. The van der Waals surface area contributed by atoms with Gasteiger partial charge in [-0.15, -0.1) is 0 Å². The van der Waals surface area contributed by atoms with Crippen molar-refractivity contribution in [3.8, 4) is 11.3 Å². The SMILES string of the molecule is Cc1c(F)cccc1-c1ccc(CN[C@H](C)CCO)o1. The van der Waals surface area contributed by atoms with E-state index in [9.17, 15) is 4.39 Å². The molecule has 0 aliphatic heterocycles. The van der Waals surface area contributed by atoms with Gasteiger partial charge in [0.25, 0.3) is 0 Å². The molecule has 0 aliphatic rings. The predicted octanol–water partition coefficient (Wildman–Crippen LogP) is 3.25. The van der Waals surface area contributed by atoms with Crippen LogP contribution in [0.1, 0.15) is 24.7 Å². The molecule has 0 aliphatic carbocycles. The van der Waals surface area contributed by atoms with E-state index < -0.39 is 0 Å². The molecule has 0 saturated heterocycles. The summed E-state index contributed by atoms with van der Waals surface area (Å²) in [4.78, 5) is 0. The first-order valence-corrected chi connectivity index (χ1v) is 6.80. The minimum absolute atomic E-state index is 0.167. The van der Waals surface area contributed by atoms with Crippen molar-refractivity contribution in [2.75, 3.05) is 6.61 Å². The average molecular weight is 277 g/mol. The summed E-state index contributed by atoms with van der Waals surface area (Å²) in [5.41, 5.74) is 1.37. The van der Waals surface area contributed by atoms with Gasteiger partial charge in [-0.3, -0.25) is 0 Å². The lowest BCUT2D eigenvalue weighted by molar-refractivity contribution is 0.267. The van der Waals surface area contributed by atoms with Crippen LogP contribution in [0.25, 0.3) is 11.3 Å². The van der Waals surface area contributed by atoms with Crippen molar-refractivity contribution in [1.29, 1.82) is 0 Å². The topological polar surface area (TPSA) is 45.4 Å². The molecule has 3 nitrogen and oxygen atoms in total. The predicted molar refractivity (Wildman–Crippen MR) is 76.8 cm³/mol. The molecule has 2 N–H and O–H groups in total. The van der Waals surface area contributed by atoms with Gasteiger partial charge in [-0.05, 0) is 44.0 Å². The highest BCUT2D eigenvalue weighted by Crippen LogP contribution is 2.26. The molecule has 0 saturated carbocycles. The Kier molecular flexibility index (Phi) is 4.93. The van der Waals surface area contributed by atoms with Crippen molar-refractivity contribution in [2.45, 2.75) is 32.9 Å². The van der Waals surface area contributed by atoms with Crippen molar-refractivity contribution in [2.24, 2.45) is 0 Å². The molecule has 0 bridgehead atoms. The second-order valence-corrected chi connectivity index (χ2v) is 4.97. The van der Waals surface area contributed by atoms with Gasteiger partial charge in [0.05, 0.1) is 6.54 Å². The second kappa shape index (κ2) is 6.68. The number of aliphatic hydroxyl groups excluding tert-OH is 1. The van der Waals surface area contributed by atoms with E-state index >= 15 is 0 Å². The van der Waals surface area contributed by atoms with Crippen LogP contribution in [0.5, 0.6) is 0 Å². The summed E-state index contributed by atoms with van der Waals surface area (Å²) < 4.78 is 19.3. The summed E-state index contributed by atoms with van der Waals surface area (Å²) in [6.07, 6.45) is 0.705. The van der Waals surface area contributed by atoms with Gasteiger partial charge in [0.1, 0.15) is 17.3 Å². The first-order chi connectivity index (χ1) is 9.61. The van der Waals surface area contributed by atoms with Crippen LogP contribution in [0.2, 0.25) is 0 Å². The van der Waals surface area contributed by atoms with Crippen LogP contribution in [0.3, 0.4) is 0 Å². The largest absolute Gasteiger partial charge is 0.460 e. The lowest BCUT2D eigenvalue weighted by atomic mass is 10.1. The standard InChI is InChI=1S/C16H20FNO2/c1-11(8-9-19)18-10-13-6-7-16(20-13)14-4-3-5-15(17)12(14)2/h3-7,11,18-19H,8-10H2,1-2H3/t11-/m1/s1. The second-order valence-electron chi connectivity index (χ2n) is 4.97. The Morgan fingerprint density at radius 2 is 2.10 bits per heavy atom. The van der Waals surface area contributed by atoms with Crippen molar-refractivity contribution in [3.05, 3.63) is 47.5 Å². The molecule has 0 spiro atoms. The number of rotatable bonds is 6. The van der Waals surface area contributed by atoms with Gasteiger partial charge in [0, 0.05) is 18.2 Å². The highest BCUT2D eigenvalue weighted by Gasteiger charge is 2.10. The van der Waals surface area contributed by atoms with E-state index in [1.54, 1.807) is 13.0 Å². The minimum atomic E-state index is -0.227. The van der Waals surface area contributed by atoms with Gasteiger partial charge in [-0.25, -0.2) is 4.39 Å². The van der Waals surface area contributed by atoms with Gasteiger partial charge in [0.15, 0.2) is 0 Å². The minimum Gasteiger partial charge on any atom is -0.460 e. The quantitative estimate of drug-likeness (QED) is 0.852. The molecule has 20 heavy (non-hydrogen) atoms. The molecule has 0 unspecified atom stereocenters. The van der Waals surface area contributed by atoms with Crippen LogP contribution in [0, 0.1) is 12.7 Å². The van der Waals surface area contributed by atoms with E-state index in [1.807, 2.05) is 25.1 Å². The fourth-order valence-corrected chi connectivity index (χ4v) is 2.06. The van der Waals surface area contributed by atoms with Crippen LogP contribution in [0.4, 0.5) is 4.39 Å². The number of hydrogen-bond donors (Lipinski definition) is 2. The lowest BCUT2D eigenvalue weighted by Crippen LogP contribution is -2.26. The molecule has 1 heterocycles. The Morgan fingerprint density at radius 3 is 2.85 bits per heavy atom. The Balaban J connectivity index is 2.07. The molecule has 0 radical (unpaired) electrons. The molecule has 2 aromatic rings. The maximum atomic E-state index is 13.5. The third kappa shape index (κ3) is 3.46. The van der Waals surface area contributed by atoms with Gasteiger partial charge < -0.3 is 14.8 Å². The van der Waals surface area contributed by atoms with Crippen molar-refractivity contribution in [3.63, 3.8) is 0 Å². The summed E-state index contributed by atoms with van der Waals surface area (Å²) in [5, 5.41) is 12.1. The third-order valence-electron chi connectivity index (χ3n) is 3.38. The summed E-state index contributed by atoms with van der Waals surface area (Å²) >= 11 is 0.